The topological polar surface area (TPSA) is 496 Å². The van der Waals surface area contributed by atoms with Gasteiger partial charge in [-0.25, -0.2) is 14.4 Å². The summed E-state index contributed by atoms with van der Waals surface area (Å²) in [4.78, 5) is 131. The molecule has 2 rings (SSSR count). The van der Waals surface area contributed by atoms with Crippen LogP contribution in [0.5, 0.6) is 11.5 Å². The average molecular weight is 928 g/mol. The van der Waals surface area contributed by atoms with Gasteiger partial charge in [-0.3, -0.25) is 38.6 Å². The fourth-order valence-corrected chi connectivity index (χ4v) is 5.65. The monoisotopic (exact) mass is 927 g/mol. The van der Waals surface area contributed by atoms with Crippen LogP contribution in [0.2, 0.25) is 0 Å². The number of rotatable bonds is 18. The number of aliphatic hydroxyl groups is 3. The fourth-order valence-electron chi connectivity index (χ4n) is 5.65. The minimum absolute atomic E-state index is 0.0225. The number of aliphatic imine (C=N–C) groups is 1. The Morgan fingerprint density at radius 2 is 1.43 bits per heavy atom. The first-order valence-electron chi connectivity index (χ1n) is 19.5. The van der Waals surface area contributed by atoms with Gasteiger partial charge < -0.3 is 94.9 Å². The summed E-state index contributed by atoms with van der Waals surface area (Å²) in [5.74, 6) is -15.5. The van der Waals surface area contributed by atoms with Crippen LogP contribution >= 0.6 is 0 Å². The molecule has 0 saturated carbocycles. The zero-order valence-corrected chi connectivity index (χ0v) is 34.4. The Labute approximate surface area is 367 Å². The second-order valence-electron chi connectivity index (χ2n) is 14.2. The van der Waals surface area contributed by atoms with Crippen molar-refractivity contribution in [1.82, 2.24) is 37.2 Å². The average Bonchev–Trinajstić information content (AvgIpc) is 3.24. The number of cyclic esters (lactones) is 1. The highest BCUT2D eigenvalue weighted by Gasteiger charge is 2.38. The number of aliphatic carboxylic acids is 2. The van der Waals surface area contributed by atoms with Crippen molar-refractivity contribution < 1.29 is 88.4 Å². The third-order valence-corrected chi connectivity index (χ3v) is 9.17. The molecule has 1 heterocycles. The van der Waals surface area contributed by atoms with Gasteiger partial charge in [0.1, 0.15) is 24.7 Å². The van der Waals surface area contributed by atoms with Gasteiger partial charge in [0.15, 0.2) is 35.7 Å². The maximum atomic E-state index is 13.4. The van der Waals surface area contributed by atoms with Crippen LogP contribution in [0.25, 0.3) is 0 Å². The van der Waals surface area contributed by atoms with Crippen molar-refractivity contribution in [2.45, 2.75) is 87.0 Å². The van der Waals surface area contributed by atoms with E-state index in [1.54, 1.807) is 5.32 Å². The summed E-state index contributed by atoms with van der Waals surface area (Å²) >= 11 is 0. The molecule has 1 aliphatic rings. The van der Waals surface area contributed by atoms with Crippen molar-refractivity contribution in [2.24, 2.45) is 22.2 Å². The second kappa shape index (κ2) is 26.3. The van der Waals surface area contributed by atoms with Gasteiger partial charge in [0.25, 0.3) is 5.91 Å². The van der Waals surface area contributed by atoms with Gasteiger partial charge in [-0.15, -0.1) is 0 Å². The molecule has 20 N–H and O–H groups in total. The first-order chi connectivity index (χ1) is 30.5. The standard InChI is InChI=1S/C36H53N11O18/c37-16(6-1-2-9-40-29(56)15-5-3-8-19(48)26(15)53)20(49)11-21(50)45-18-14-65-35(64)25(28(55)34(62)63)46-23(52)13-43-32(59)24(27(54)33(60)61)47-31(58)17(7-4-10-41-36(38)39)44-22(51)12-42-30(18)57/h3,5,8,16-18,20,24-25,27-28,48-49,53-55H,1-2,4,6-7,9-14,37H2,(H,40,56)(H,42,57)(H,43,59)(H,44,51)(H,45,50)(H,46,52)(H,47,58)(H,60,61)(H,62,63)(H4,38,39,41)/t16-,17-,18+,20+,24+,25-,27+,28-/m1/s1. The number of aliphatic hydroxyl groups excluding tert-OH is 3. The Balaban J connectivity index is 2.28. The predicted molar refractivity (Wildman–Crippen MR) is 216 cm³/mol. The van der Waals surface area contributed by atoms with Crippen molar-refractivity contribution >= 4 is 65.2 Å². The van der Waals surface area contributed by atoms with Crippen molar-refractivity contribution in [3.63, 3.8) is 0 Å². The summed E-state index contributed by atoms with van der Waals surface area (Å²) < 4.78 is 4.97. The molecule has 1 saturated heterocycles. The van der Waals surface area contributed by atoms with E-state index in [0.717, 1.165) is 0 Å². The molecule has 1 aromatic carbocycles. The predicted octanol–water partition coefficient (Wildman–Crippen LogP) is -8.25. The minimum Gasteiger partial charge on any atom is -0.504 e. The van der Waals surface area contributed by atoms with E-state index < -0.39 is 145 Å². The molecule has 0 aromatic heterocycles. The van der Waals surface area contributed by atoms with Gasteiger partial charge in [-0.05, 0) is 37.8 Å². The molecule has 360 valence electrons. The summed E-state index contributed by atoms with van der Waals surface area (Å²) in [5.41, 5.74) is 16.5. The van der Waals surface area contributed by atoms with Crippen LogP contribution < -0.4 is 54.4 Å². The molecule has 0 bridgehead atoms. The lowest BCUT2D eigenvalue weighted by Crippen LogP contribution is -2.60. The number of guanidine groups is 1. The molecule has 8 atom stereocenters. The molecule has 1 aliphatic heterocycles. The smallest absolute Gasteiger partial charge is 0.335 e. The number of carbonyl (C=O) groups excluding carboxylic acids is 8. The number of ether oxygens (including phenoxy) is 1. The van der Waals surface area contributed by atoms with Gasteiger partial charge in [-0.2, -0.15) is 0 Å². The maximum Gasteiger partial charge on any atom is 0.335 e. The number of nitrogens with zero attached hydrogens (tertiary/aromatic N) is 1. The first-order valence-corrected chi connectivity index (χ1v) is 19.5. The van der Waals surface area contributed by atoms with Crippen LogP contribution in [-0.2, 0) is 47.9 Å². The highest BCUT2D eigenvalue weighted by Crippen LogP contribution is 2.28. The number of phenolic OH excluding ortho intramolecular Hbond substituents is 2. The number of amides is 7. The third-order valence-electron chi connectivity index (χ3n) is 9.17. The van der Waals surface area contributed by atoms with Crippen LogP contribution in [0.15, 0.2) is 23.2 Å². The third kappa shape index (κ3) is 18.1. The lowest BCUT2D eigenvalue weighted by Gasteiger charge is -2.25. The number of benzene rings is 1. The summed E-state index contributed by atoms with van der Waals surface area (Å²) in [7, 11) is 0. The number of nitrogens with one attached hydrogen (secondary N) is 7. The van der Waals surface area contributed by atoms with Crippen LogP contribution in [0.4, 0.5) is 0 Å². The maximum absolute atomic E-state index is 13.4. The molecule has 0 unspecified atom stereocenters. The quantitative estimate of drug-likeness (QED) is 0.0214. The summed E-state index contributed by atoms with van der Waals surface area (Å²) in [6.45, 7) is -3.33. The van der Waals surface area contributed by atoms with Crippen LogP contribution in [-0.4, -0.2) is 182 Å². The zero-order valence-electron chi connectivity index (χ0n) is 34.4. The number of unbranched alkanes of at least 4 members (excludes halogenated alkanes) is 1. The van der Waals surface area contributed by atoms with E-state index in [0.29, 0.717) is 12.8 Å². The van der Waals surface area contributed by atoms with E-state index in [2.05, 4.69) is 26.3 Å². The van der Waals surface area contributed by atoms with E-state index in [9.17, 15) is 83.7 Å². The molecular weight excluding hydrogens is 874 g/mol. The number of hydrogen-bond donors (Lipinski definition) is 17. The Kier molecular flexibility index (Phi) is 21.8. The van der Waals surface area contributed by atoms with E-state index in [-0.39, 0.29) is 43.9 Å². The van der Waals surface area contributed by atoms with Crippen molar-refractivity contribution in [2.75, 3.05) is 32.8 Å². The van der Waals surface area contributed by atoms with Crippen LogP contribution in [0.1, 0.15) is 48.9 Å². The first kappa shape index (κ1) is 53.8. The molecule has 0 spiro atoms. The number of nitrogens with two attached hydrogens (primary N) is 3. The molecule has 1 fully saturated rings. The normalized spacial score (nSPS) is 21.0. The molecule has 0 aliphatic carbocycles. The van der Waals surface area contributed by atoms with E-state index in [1.807, 2.05) is 10.6 Å². The largest absolute Gasteiger partial charge is 0.504 e. The minimum atomic E-state index is -2.73. The SMILES string of the molecule is NC(N)=NCCC[C@H]1NC(=O)CNC(=O)[C@@H](NC(=O)C[C@H](O)[C@H](N)CCCCNC(=O)c2cccc(O)c2O)COC(=O)[C@@H]([C@@H](O)C(=O)O)NC(=O)CNC(=O)[C@H]([C@H](O)C(=O)O)NC1=O. The van der Waals surface area contributed by atoms with Crippen molar-refractivity contribution in [1.29, 1.82) is 0 Å². The highest BCUT2D eigenvalue weighted by atomic mass is 16.5. The van der Waals surface area contributed by atoms with Gasteiger partial charge in [0.05, 0.1) is 31.2 Å². The fraction of sp³-hybridized carbons (Fsp3) is 0.528. The van der Waals surface area contributed by atoms with E-state index in [1.165, 1.54) is 18.2 Å². The molecular formula is C36H53N11O18. The number of phenols is 2. The lowest BCUT2D eigenvalue weighted by molar-refractivity contribution is -0.161. The Morgan fingerprint density at radius 3 is 2.06 bits per heavy atom. The molecule has 1 aromatic rings. The number of carbonyl (C=O) groups is 10. The number of esters is 1. The molecule has 0 radical (unpaired) electrons. The van der Waals surface area contributed by atoms with Crippen molar-refractivity contribution in [3.8, 4) is 11.5 Å². The van der Waals surface area contributed by atoms with Gasteiger partial charge >= 0.3 is 17.9 Å². The Bertz CT molecular complexity index is 1950. The Morgan fingerprint density at radius 1 is 0.815 bits per heavy atom. The molecule has 7 amide bonds. The summed E-state index contributed by atoms with van der Waals surface area (Å²) in [5, 5.41) is 83.9. The number of carboxylic acids is 2. The van der Waals surface area contributed by atoms with E-state index in [4.69, 9.17) is 21.9 Å². The number of para-hydroxylation sites is 1. The van der Waals surface area contributed by atoms with Gasteiger partial charge in [0.2, 0.25) is 35.4 Å². The molecule has 29 nitrogen and oxygen atoms in total. The molecule has 65 heavy (non-hydrogen) atoms. The highest BCUT2D eigenvalue weighted by molar-refractivity contribution is 5.99. The number of aromatic hydroxyl groups is 2. The van der Waals surface area contributed by atoms with E-state index >= 15 is 0 Å². The second-order valence-corrected chi connectivity index (χ2v) is 14.2. The van der Waals surface area contributed by atoms with Crippen LogP contribution in [0, 0.1) is 0 Å². The van der Waals surface area contributed by atoms with Gasteiger partial charge in [-0.1, -0.05) is 12.5 Å². The number of carboxylic acid groups (broad SMARTS) is 2. The van der Waals surface area contributed by atoms with Gasteiger partial charge in [0, 0.05) is 19.1 Å². The summed E-state index contributed by atoms with van der Waals surface area (Å²) in [6, 6.07) is -5.58. The lowest BCUT2D eigenvalue weighted by atomic mass is 10.0. The Hall–Kier alpha value is -7.37. The zero-order chi connectivity index (χ0) is 49.0. The van der Waals surface area contributed by atoms with Crippen LogP contribution in [0.3, 0.4) is 0 Å². The summed E-state index contributed by atoms with van der Waals surface area (Å²) in [6.07, 6.45) is -7.28. The molecule has 29 heteroatoms. The van der Waals surface area contributed by atoms with Crippen molar-refractivity contribution in [3.05, 3.63) is 23.8 Å². The number of hydrogen-bond acceptors (Lipinski definition) is 18.